The van der Waals surface area contributed by atoms with Gasteiger partial charge in [-0.05, 0) is 5.56 Å². The Morgan fingerprint density at radius 2 is 1.73 bits per heavy atom. The van der Waals surface area contributed by atoms with Gasteiger partial charge in [0.2, 0.25) is 5.91 Å². The molecule has 0 saturated heterocycles. The zero-order valence-electron chi connectivity index (χ0n) is 8.63. The Morgan fingerprint density at radius 1 is 1.13 bits per heavy atom. The third-order valence-corrected chi connectivity index (χ3v) is 2.46. The monoisotopic (exact) mass is 199 g/mol. The number of hydrogen-bond acceptors (Lipinski definition) is 1. The molecule has 0 unspecified atom stereocenters. The third-order valence-electron chi connectivity index (χ3n) is 2.46. The van der Waals surface area contributed by atoms with E-state index < -0.39 is 0 Å². The highest BCUT2D eigenvalue weighted by molar-refractivity contribution is 5.75. The number of nitrogens with zero attached hydrogens (tertiary/aromatic N) is 1. The maximum Gasteiger partial charge on any atom is 0.227 e. The van der Waals surface area contributed by atoms with Crippen LogP contribution in [0.2, 0.25) is 0 Å². The number of carbonyl (C=O) groups is 1. The molecule has 0 bridgehead atoms. The minimum Gasteiger partial charge on any atom is -0.296 e. The van der Waals surface area contributed by atoms with E-state index in [-0.39, 0.29) is 11.8 Å². The van der Waals surface area contributed by atoms with Crippen LogP contribution in [0.5, 0.6) is 0 Å². The molecule has 0 fully saturated rings. The van der Waals surface area contributed by atoms with E-state index in [1.165, 1.54) is 5.56 Å². The smallest absolute Gasteiger partial charge is 0.227 e. The predicted octanol–water partition coefficient (Wildman–Crippen LogP) is 2.66. The second-order valence-corrected chi connectivity index (χ2v) is 3.55. The Hall–Kier alpha value is -1.83. The highest BCUT2D eigenvalue weighted by atomic mass is 16.2. The van der Waals surface area contributed by atoms with Crippen molar-refractivity contribution < 1.29 is 4.79 Å². The zero-order chi connectivity index (χ0) is 10.7. The summed E-state index contributed by atoms with van der Waals surface area (Å²) < 4.78 is 0. The van der Waals surface area contributed by atoms with Crippen molar-refractivity contribution in [2.45, 2.75) is 12.8 Å². The van der Waals surface area contributed by atoms with Gasteiger partial charge in [-0.1, -0.05) is 42.5 Å². The number of allylic oxidation sites excluding steroid dienone is 2. The molecule has 1 heterocycles. The number of amides is 1. The third kappa shape index (κ3) is 2.15. The van der Waals surface area contributed by atoms with E-state index >= 15 is 0 Å². The van der Waals surface area contributed by atoms with Crippen LogP contribution in [-0.4, -0.2) is 10.8 Å². The van der Waals surface area contributed by atoms with E-state index in [9.17, 15) is 4.79 Å². The van der Waals surface area contributed by atoms with E-state index in [1.54, 1.807) is 11.8 Å². The molecule has 1 aromatic rings. The molecule has 2 nitrogen and oxygen atoms in total. The van der Waals surface area contributed by atoms with Crippen LogP contribution in [0, 0.1) is 0 Å². The van der Waals surface area contributed by atoms with E-state index in [0.29, 0.717) is 0 Å². The van der Waals surface area contributed by atoms with Gasteiger partial charge in [0.25, 0.3) is 0 Å². The van der Waals surface area contributed by atoms with Gasteiger partial charge >= 0.3 is 0 Å². The molecule has 0 N–H and O–H groups in total. The molecule has 15 heavy (non-hydrogen) atoms. The molecule has 0 aliphatic carbocycles. The van der Waals surface area contributed by atoms with Gasteiger partial charge in [-0.3, -0.25) is 9.69 Å². The largest absolute Gasteiger partial charge is 0.296 e. The van der Waals surface area contributed by atoms with Crippen LogP contribution in [0.25, 0.3) is 0 Å². The van der Waals surface area contributed by atoms with Gasteiger partial charge in [0.05, 0.1) is 0 Å². The Balaban J connectivity index is 2.15. The first-order valence-electron chi connectivity index (χ1n) is 4.98. The van der Waals surface area contributed by atoms with Gasteiger partial charge in [-0.25, -0.2) is 0 Å². The molecule has 1 aromatic carbocycles. The molecule has 1 aliphatic heterocycles. The minimum absolute atomic E-state index is 0.0361. The second-order valence-electron chi connectivity index (χ2n) is 3.55. The van der Waals surface area contributed by atoms with Gasteiger partial charge in [-0.2, -0.15) is 0 Å². The van der Waals surface area contributed by atoms with Crippen LogP contribution in [0.1, 0.15) is 18.4 Å². The molecule has 0 radical (unpaired) electrons. The van der Waals surface area contributed by atoms with Gasteiger partial charge in [0.1, 0.15) is 0 Å². The first-order chi connectivity index (χ1) is 7.27. The average Bonchev–Trinajstić information content (AvgIpc) is 2.30. The number of hydrogen-bond donors (Lipinski definition) is 0. The summed E-state index contributed by atoms with van der Waals surface area (Å²) in [6.07, 6.45) is 7.69. The summed E-state index contributed by atoms with van der Waals surface area (Å²) in [5.74, 6) is 0.316. The number of carbonyl (C=O) groups excluding carboxylic acids is 1. The fraction of sp³-hybridized carbons (Fsp3) is 0.154. The summed E-state index contributed by atoms with van der Waals surface area (Å²) in [6, 6.07) is 10.2. The summed E-state index contributed by atoms with van der Waals surface area (Å²) in [5.41, 5.74) is 1.24. The van der Waals surface area contributed by atoms with Crippen molar-refractivity contribution in [3.63, 3.8) is 0 Å². The molecule has 0 aromatic heterocycles. The van der Waals surface area contributed by atoms with E-state index in [2.05, 4.69) is 12.1 Å². The van der Waals surface area contributed by atoms with Crippen LogP contribution >= 0.6 is 0 Å². The molecule has 0 saturated carbocycles. The van der Waals surface area contributed by atoms with E-state index in [0.717, 1.165) is 0 Å². The lowest BCUT2D eigenvalue weighted by molar-refractivity contribution is -0.124. The summed E-state index contributed by atoms with van der Waals surface area (Å²) in [4.78, 5) is 12.6. The number of rotatable bonds is 1. The normalized spacial score (nSPS) is 15.7. The number of benzene rings is 1. The second kappa shape index (κ2) is 4.13. The van der Waals surface area contributed by atoms with Crippen LogP contribution < -0.4 is 0 Å². The van der Waals surface area contributed by atoms with Crippen molar-refractivity contribution in [2.75, 3.05) is 0 Å². The quantitative estimate of drug-likeness (QED) is 0.681. The summed E-state index contributed by atoms with van der Waals surface area (Å²) in [7, 11) is 0. The summed E-state index contributed by atoms with van der Waals surface area (Å²) in [5, 5.41) is 0. The molecule has 0 atom stereocenters. The maximum absolute atomic E-state index is 11.1. The maximum atomic E-state index is 11.1. The Bertz CT molecular complexity index is 392. The van der Waals surface area contributed by atoms with Crippen LogP contribution in [-0.2, 0) is 4.79 Å². The van der Waals surface area contributed by atoms with Gasteiger partial charge in [-0.15, -0.1) is 0 Å². The molecular weight excluding hydrogens is 186 g/mol. The van der Waals surface area contributed by atoms with Crippen molar-refractivity contribution in [3.05, 3.63) is 60.4 Å². The first-order valence-corrected chi connectivity index (χ1v) is 4.98. The van der Waals surface area contributed by atoms with Gasteiger partial charge in [0, 0.05) is 25.2 Å². The minimum atomic E-state index is 0.0361. The highest BCUT2D eigenvalue weighted by Crippen LogP contribution is 2.22. The molecule has 2 rings (SSSR count). The van der Waals surface area contributed by atoms with Gasteiger partial charge in [0.15, 0.2) is 0 Å². The van der Waals surface area contributed by atoms with E-state index in [1.807, 2.05) is 42.8 Å². The molecule has 2 heteroatoms. The van der Waals surface area contributed by atoms with Crippen molar-refractivity contribution in [2.24, 2.45) is 0 Å². The standard InChI is InChI=1S/C13H13NO/c1-11(15)14-9-7-13(8-10-14)12-5-3-2-4-6-12/h2-10,13H,1H3. The van der Waals surface area contributed by atoms with Crippen molar-refractivity contribution in [3.8, 4) is 0 Å². The predicted molar refractivity (Wildman–Crippen MR) is 60.0 cm³/mol. The molecule has 1 amide bonds. The molecule has 76 valence electrons. The van der Waals surface area contributed by atoms with Crippen LogP contribution in [0.15, 0.2) is 54.9 Å². The zero-order valence-corrected chi connectivity index (χ0v) is 8.63. The highest BCUT2D eigenvalue weighted by Gasteiger charge is 2.10. The van der Waals surface area contributed by atoms with Crippen LogP contribution in [0.3, 0.4) is 0 Å². The fourth-order valence-electron chi connectivity index (χ4n) is 1.59. The van der Waals surface area contributed by atoms with Crippen molar-refractivity contribution in [1.82, 2.24) is 4.90 Å². The first kappa shape index (κ1) is 9.71. The Kier molecular flexibility index (Phi) is 2.68. The topological polar surface area (TPSA) is 20.3 Å². The SMILES string of the molecule is CC(=O)N1C=CC(c2ccccc2)C=C1. The van der Waals surface area contributed by atoms with Crippen molar-refractivity contribution >= 4 is 5.91 Å². The lowest BCUT2D eigenvalue weighted by Gasteiger charge is -2.18. The Morgan fingerprint density at radius 3 is 2.27 bits per heavy atom. The van der Waals surface area contributed by atoms with E-state index in [4.69, 9.17) is 0 Å². The lowest BCUT2D eigenvalue weighted by Crippen LogP contribution is -2.18. The Labute approximate surface area is 89.5 Å². The summed E-state index contributed by atoms with van der Waals surface area (Å²) in [6.45, 7) is 1.55. The van der Waals surface area contributed by atoms with Crippen molar-refractivity contribution in [1.29, 1.82) is 0 Å². The molecular formula is C13H13NO. The average molecular weight is 199 g/mol. The lowest BCUT2D eigenvalue weighted by atomic mass is 9.98. The molecule has 1 aliphatic rings. The van der Waals surface area contributed by atoms with Crippen LogP contribution in [0.4, 0.5) is 0 Å². The van der Waals surface area contributed by atoms with Gasteiger partial charge < -0.3 is 0 Å². The summed E-state index contributed by atoms with van der Waals surface area (Å²) >= 11 is 0. The molecule has 0 spiro atoms. The fourth-order valence-corrected chi connectivity index (χ4v) is 1.59.